The largest absolute Gasteiger partial charge is 0.416 e. The van der Waals surface area contributed by atoms with Crippen LogP contribution in [0.1, 0.15) is 54.5 Å². The van der Waals surface area contributed by atoms with Crippen molar-refractivity contribution in [1.29, 1.82) is 0 Å². The van der Waals surface area contributed by atoms with Crippen molar-refractivity contribution in [2.24, 2.45) is 0 Å². The first-order valence-electron chi connectivity index (χ1n) is 12.2. The van der Waals surface area contributed by atoms with Crippen LogP contribution in [-0.2, 0) is 18.1 Å². The van der Waals surface area contributed by atoms with Gasteiger partial charge in [-0.05, 0) is 54.3 Å². The number of alkyl halides is 3. The number of aromatic nitrogens is 1. The van der Waals surface area contributed by atoms with Crippen molar-refractivity contribution in [2.75, 3.05) is 7.05 Å². The monoisotopic (exact) mass is 533 g/mol. The van der Waals surface area contributed by atoms with Crippen LogP contribution in [0.2, 0.25) is 5.02 Å². The van der Waals surface area contributed by atoms with Gasteiger partial charge in [0.2, 0.25) is 0 Å². The van der Waals surface area contributed by atoms with Crippen molar-refractivity contribution in [3.63, 3.8) is 0 Å². The van der Waals surface area contributed by atoms with E-state index < -0.39 is 29.1 Å². The Morgan fingerprint density at radius 3 is 2.32 bits per heavy atom. The smallest absolute Gasteiger partial charge is 0.325 e. The quantitative estimate of drug-likeness (QED) is 0.337. The second-order valence-electron chi connectivity index (χ2n) is 9.49. The summed E-state index contributed by atoms with van der Waals surface area (Å²) in [7, 11) is 1.68. The minimum absolute atomic E-state index is 0.000372. The zero-order valence-electron chi connectivity index (χ0n) is 20.4. The number of benzene rings is 2. The minimum atomic E-state index is -4.79. The van der Waals surface area contributed by atoms with Crippen LogP contribution >= 0.6 is 11.6 Å². The van der Waals surface area contributed by atoms with Crippen LogP contribution in [0.15, 0.2) is 66.9 Å². The molecular formula is C28H28ClF4N3O. The molecule has 0 aliphatic heterocycles. The normalized spacial score (nSPS) is 16.2. The molecule has 2 aromatic carbocycles. The first-order chi connectivity index (χ1) is 17.6. The lowest BCUT2D eigenvalue weighted by molar-refractivity contribution is -0.137. The highest BCUT2D eigenvalue weighted by Crippen LogP contribution is 2.38. The summed E-state index contributed by atoms with van der Waals surface area (Å²) in [5, 5.41) is 3.30. The molecule has 1 aliphatic rings. The average Bonchev–Trinajstić information content (AvgIpc) is 2.88. The van der Waals surface area contributed by atoms with E-state index in [0.29, 0.717) is 11.1 Å². The number of hydrogen-bond donors (Lipinski definition) is 1. The first kappa shape index (κ1) is 26.9. The second-order valence-corrected chi connectivity index (χ2v) is 9.93. The number of pyridine rings is 1. The van der Waals surface area contributed by atoms with Crippen molar-refractivity contribution in [3.05, 3.63) is 100 Å². The third-order valence-corrected chi connectivity index (χ3v) is 7.18. The predicted molar refractivity (Wildman–Crippen MR) is 135 cm³/mol. The van der Waals surface area contributed by atoms with Gasteiger partial charge in [-0.1, -0.05) is 61.2 Å². The number of amides is 2. The molecule has 1 unspecified atom stereocenters. The lowest BCUT2D eigenvalue weighted by Gasteiger charge is -2.39. The Labute approximate surface area is 218 Å². The van der Waals surface area contributed by atoms with Gasteiger partial charge in [-0.15, -0.1) is 0 Å². The topological polar surface area (TPSA) is 45.2 Å². The third kappa shape index (κ3) is 6.24. The summed E-state index contributed by atoms with van der Waals surface area (Å²) < 4.78 is 56.0. The first-order valence-corrected chi connectivity index (χ1v) is 12.6. The van der Waals surface area contributed by atoms with Gasteiger partial charge in [0, 0.05) is 25.7 Å². The zero-order chi connectivity index (χ0) is 26.6. The van der Waals surface area contributed by atoms with Crippen LogP contribution < -0.4 is 5.32 Å². The maximum atomic E-state index is 14.7. The van der Waals surface area contributed by atoms with Crippen LogP contribution in [0.3, 0.4) is 0 Å². The molecule has 1 fully saturated rings. The Morgan fingerprint density at radius 1 is 1.03 bits per heavy atom. The minimum Gasteiger partial charge on any atom is -0.325 e. The summed E-state index contributed by atoms with van der Waals surface area (Å²) in [6, 6.07) is 13.9. The highest BCUT2D eigenvalue weighted by molar-refractivity contribution is 6.30. The van der Waals surface area contributed by atoms with Crippen molar-refractivity contribution >= 4 is 17.6 Å². The molecule has 37 heavy (non-hydrogen) atoms. The zero-order valence-corrected chi connectivity index (χ0v) is 21.1. The van der Waals surface area contributed by atoms with Gasteiger partial charge in [0.05, 0.1) is 16.3 Å². The van der Waals surface area contributed by atoms with Crippen LogP contribution in [0.5, 0.6) is 0 Å². The molecule has 1 aromatic heterocycles. The molecule has 1 saturated carbocycles. The molecule has 2 amide bonds. The van der Waals surface area contributed by atoms with Gasteiger partial charge >= 0.3 is 12.2 Å². The number of carbonyl (C=O) groups is 1. The van der Waals surface area contributed by atoms with Gasteiger partial charge in [0.15, 0.2) is 0 Å². The number of nitrogens with zero attached hydrogens (tertiary/aromatic N) is 2. The molecule has 3 aromatic rings. The third-order valence-electron chi connectivity index (χ3n) is 6.96. The molecule has 1 heterocycles. The van der Waals surface area contributed by atoms with E-state index in [1.54, 1.807) is 48.3 Å². The van der Waals surface area contributed by atoms with Crippen LogP contribution in [0, 0.1) is 5.82 Å². The summed E-state index contributed by atoms with van der Waals surface area (Å²) in [4.78, 5) is 19.7. The second kappa shape index (κ2) is 11.1. The van der Waals surface area contributed by atoms with E-state index in [9.17, 15) is 22.4 Å². The molecule has 1 N–H and O–H groups in total. The summed E-state index contributed by atoms with van der Waals surface area (Å²) in [6.07, 6.45) is 1.38. The van der Waals surface area contributed by atoms with Crippen LogP contribution in [0.4, 0.5) is 22.4 Å². The van der Waals surface area contributed by atoms with Crippen molar-refractivity contribution in [2.45, 2.75) is 56.3 Å². The maximum Gasteiger partial charge on any atom is 0.416 e. The number of halogens is 5. The van der Waals surface area contributed by atoms with Gasteiger partial charge < -0.3 is 10.2 Å². The van der Waals surface area contributed by atoms with E-state index >= 15 is 0 Å². The maximum absolute atomic E-state index is 14.7. The number of urea groups is 1. The van der Waals surface area contributed by atoms with Gasteiger partial charge in [0.25, 0.3) is 0 Å². The summed E-state index contributed by atoms with van der Waals surface area (Å²) in [5.74, 6) is -1.06. The Kier molecular flexibility index (Phi) is 8.07. The van der Waals surface area contributed by atoms with Crippen molar-refractivity contribution in [1.82, 2.24) is 15.2 Å². The fraction of sp³-hybridized carbons (Fsp3) is 0.357. The SMILES string of the molecule is CN(C(=O)NC(Cc1ccccc1)(c1cc(F)cc(C(F)(F)F)c1)c1ccc(Cl)cn1)C1CCCCC1. The van der Waals surface area contributed by atoms with Gasteiger partial charge in [-0.25, -0.2) is 9.18 Å². The summed E-state index contributed by atoms with van der Waals surface area (Å²) >= 11 is 6.07. The molecule has 0 radical (unpaired) electrons. The molecule has 0 spiro atoms. The molecule has 0 bridgehead atoms. The molecular weight excluding hydrogens is 506 g/mol. The highest BCUT2D eigenvalue weighted by atomic mass is 35.5. The number of hydrogen-bond acceptors (Lipinski definition) is 2. The van der Waals surface area contributed by atoms with Gasteiger partial charge in [0.1, 0.15) is 11.4 Å². The van der Waals surface area contributed by atoms with Crippen molar-refractivity contribution in [3.8, 4) is 0 Å². The van der Waals surface area contributed by atoms with E-state index in [4.69, 9.17) is 11.6 Å². The van der Waals surface area contributed by atoms with Gasteiger partial charge in [-0.3, -0.25) is 4.98 Å². The van der Waals surface area contributed by atoms with Crippen LogP contribution in [0.25, 0.3) is 0 Å². The Morgan fingerprint density at radius 2 is 1.70 bits per heavy atom. The average molecular weight is 534 g/mol. The van der Waals surface area contributed by atoms with E-state index in [0.717, 1.165) is 49.8 Å². The van der Waals surface area contributed by atoms with E-state index in [2.05, 4.69) is 10.3 Å². The number of carbonyl (C=O) groups excluding carboxylic acids is 1. The molecule has 9 heteroatoms. The summed E-state index contributed by atoms with van der Waals surface area (Å²) in [5.41, 5.74) is -1.87. The molecule has 1 atom stereocenters. The lowest BCUT2D eigenvalue weighted by Crippen LogP contribution is -2.55. The Bertz CT molecular complexity index is 1210. The Balaban J connectivity index is 1.89. The highest BCUT2D eigenvalue weighted by Gasteiger charge is 2.42. The number of nitrogens with one attached hydrogen (secondary N) is 1. The van der Waals surface area contributed by atoms with E-state index in [1.165, 1.54) is 6.20 Å². The fourth-order valence-electron chi connectivity index (χ4n) is 4.96. The molecule has 1 aliphatic carbocycles. The fourth-order valence-corrected chi connectivity index (χ4v) is 5.07. The molecule has 4 rings (SSSR count). The predicted octanol–water partition coefficient (Wildman–Crippen LogP) is 7.35. The molecule has 196 valence electrons. The summed E-state index contributed by atoms with van der Waals surface area (Å²) in [6.45, 7) is 0. The molecule has 4 nitrogen and oxygen atoms in total. The Hall–Kier alpha value is -3.13. The number of rotatable bonds is 6. The standard InChI is InChI=1S/C28H28ClF4N3O/c1-36(24-10-6-3-7-11-24)26(37)35-27(17-19-8-4-2-5-9-19,25-13-12-22(29)18-34-25)20-14-21(28(31,32)33)16-23(30)15-20/h2,4-5,8-9,12-16,18,24H,3,6-7,10-11,17H2,1H3,(H,35,37). The van der Waals surface area contributed by atoms with E-state index in [-0.39, 0.29) is 23.7 Å². The van der Waals surface area contributed by atoms with E-state index in [1.807, 2.05) is 6.07 Å². The lowest BCUT2D eigenvalue weighted by atomic mass is 9.79. The molecule has 0 saturated heterocycles. The van der Waals surface area contributed by atoms with Crippen molar-refractivity contribution < 1.29 is 22.4 Å². The van der Waals surface area contributed by atoms with Gasteiger partial charge in [-0.2, -0.15) is 13.2 Å². The van der Waals surface area contributed by atoms with Crippen LogP contribution in [-0.4, -0.2) is 29.0 Å².